The molecule has 4 aromatic rings. The number of ether oxygens (including phenoxy) is 2. The molecule has 0 radical (unpaired) electrons. The lowest BCUT2D eigenvalue weighted by Gasteiger charge is -2.37. The summed E-state index contributed by atoms with van der Waals surface area (Å²) in [5, 5.41) is 4.19. The monoisotopic (exact) mass is 552 g/mol. The molecule has 4 nitrogen and oxygen atoms in total. The topological polar surface area (TPSA) is 42.8 Å². The van der Waals surface area contributed by atoms with E-state index in [1.807, 2.05) is 18.2 Å². The maximum atomic E-state index is 13.5. The second kappa shape index (κ2) is 11.2. The van der Waals surface area contributed by atoms with E-state index in [1.165, 1.54) is 34.5 Å². The third-order valence-corrected chi connectivity index (χ3v) is 7.94. The molecule has 6 rings (SSSR count). The van der Waals surface area contributed by atoms with E-state index >= 15 is 0 Å². The van der Waals surface area contributed by atoms with Crippen LogP contribution in [-0.2, 0) is 6.61 Å². The Hall–Kier alpha value is -4.09. The molecule has 0 bridgehead atoms. The summed E-state index contributed by atoms with van der Waals surface area (Å²) < 4.78 is 24.9. The van der Waals surface area contributed by atoms with Crippen molar-refractivity contribution in [3.05, 3.63) is 130 Å². The molecule has 1 heterocycles. The van der Waals surface area contributed by atoms with Gasteiger partial charge in [-0.05, 0) is 84.0 Å². The lowest BCUT2D eigenvalue weighted by atomic mass is 9.76. The number of halogens is 2. The maximum Gasteiger partial charge on any atom is 0.180 e. The van der Waals surface area contributed by atoms with Crippen molar-refractivity contribution in [2.45, 2.75) is 31.9 Å². The van der Waals surface area contributed by atoms with Crippen molar-refractivity contribution in [3.8, 4) is 11.5 Å². The number of aryl methyl sites for hydroxylation is 1. The Kier molecular flexibility index (Phi) is 7.31. The first-order valence-corrected chi connectivity index (χ1v) is 13.8. The molecule has 0 fully saturated rings. The Labute approximate surface area is 239 Å². The summed E-state index contributed by atoms with van der Waals surface area (Å²) in [6, 6.07) is 25.2. The van der Waals surface area contributed by atoms with Gasteiger partial charge in [0.25, 0.3) is 0 Å². The van der Waals surface area contributed by atoms with E-state index in [4.69, 9.17) is 21.1 Å². The van der Waals surface area contributed by atoms with Crippen LogP contribution in [0.3, 0.4) is 0 Å². The molecule has 4 aromatic carbocycles. The third kappa shape index (κ3) is 5.34. The van der Waals surface area contributed by atoms with Crippen LogP contribution < -0.4 is 14.8 Å². The fourth-order valence-corrected chi connectivity index (χ4v) is 5.97. The van der Waals surface area contributed by atoms with Gasteiger partial charge in [0.05, 0.1) is 23.9 Å². The molecule has 1 N–H and O–H groups in total. The van der Waals surface area contributed by atoms with Gasteiger partial charge in [0.2, 0.25) is 0 Å². The highest BCUT2D eigenvalue weighted by Gasteiger charge is 2.37. The molecule has 0 spiro atoms. The number of nitrogens with one attached hydrogen (secondary N) is 1. The van der Waals surface area contributed by atoms with Gasteiger partial charge in [-0.1, -0.05) is 65.7 Å². The van der Waals surface area contributed by atoms with Crippen molar-refractivity contribution in [1.29, 1.82) is 0 Å². The van der Waals surface area contributed by atoms with E-state index in [0.717, 1.165) is 17.7 Å². The van der Waals surface area contributed by atoms with Crippen LogP contribution in [0.2, 0.25) is 5.02 Å². The van der Waals surface area contributed by atoms with Gasteiger partial charge in [0.15, 0.2) is 11.5 Å². The van der Waals surface area contributed by atoms with Gasteiger partial charge in [-0.3, -0.25) is 4.99 Å². The second-order valence-electron chi connectivity index (χ2n) is 10.4. The molecule has 0 aromatic heterocycles. The molecule has 202 valence electrons. The van der Waals surface area contributed by atoms with E-state index in [9.17, 15) is 4.39 Å². The Morgan fingerprint density at radius 2 is 1.90 bits per heavy atom. The van der Waals surface area contributed by atoms with Crippen LogP contribution in [0.15, 0.2) is 96.0 Å². The van der Waals surface area contributed by atoms with Crippen LogP contribution in [-0.4, -0.2) is 13.3 Å². The standard InChI is InChI=1S/C34H30ClFN2O2/c1-21-9-14-31-29(15-21)27-7-4-8-28(27)33(38-31)24-10-12-26(13-11-24)37-19-23-17-30(35)34(32(18-23)39-2)40-20-22-5-3-6-25(36)16-22/h3-7,9-19,27-28,33,38H,8,20H2,1-2H3/t27-,28+,33+/m1/s1. The average Bonchev–Trinajstić information content (AvgIpc) is 3.46. The number of nitrogens with zero attached hydrogens (tertiary/aromatic N) is 1. The molecule has 1 aliphatic heterocycles. The van der Waals surface area contributed by atoms with Crippen LogP contribution in [0, 0.1) is 18.7 Å². The highest BCUT2D eigenvalue weighted by Crippen LogP contribution is 2.50. The Bertz CT molecular complexity index is 1600. The van der Waals surface area contributed by atoms with Gasteiger partial charge >= 0.3 is 0 Å². The first-order chi connectivity index (χ1) is 19.5. The zero-order valence-corrected chi connectivity index (χ0v) is 23.2. The number of methoxy groups -OCH3 is 1. The molecular weight excluding hydrogens is 523 g/mol. The number of fused-ring (bicyclic) bond motifs is 3. The smallest absolute Gasteiger partial charge is 0.180 e. The zero-order valence-electron chi connectivity index (χ0n) is 22.4. The number of rotatable bonds is 7. The van der Waals surface area contributed by atoms with Crippen LogP contribution in [0.4, 0.5) is 15.8 Å². The van der Waals surface area contributed by atoms with E-state index in [-0.39, 0.29) is 18.5 Å². The van der Waals surface area contributed by atoms with Gasteiger partial charge < -0.3 is 14.8 Å². The van der Waals surface area contributed by atoms with E-state index in [1.54, 1.807) is 31.5 Å². The van der Waals surface area contributed by atoms with Crippen LogP contribution in [0.5, 0.6) is 11.5 Å². The van der Waals surface area contributed by atoms with Gasteiger partial charge in [0, 0.05) is 17.8 Å². The summed E-state index contributed by atoms with van der Waals surface area (Å²) in [4.78, 5) is 4.67. The van der Waals surface area contributed by atoms with Gasteiger partial charge in [0.1, 0.15) is 12.4 Å². The third-order valence-electron chi connectivity index (χ3n) is 7.66. The first-order valence-electron chi connectivity index (χ1n) is 13.4. The predicted molar refractivity (Wildman–Crippen MR) is 160 cm³/mol. The number of benzene rings is 4. The van der Waals surface area contributed by atoms with Crippen molar-refractivity contribution in [2.75, 3.05) is 12.4 Å². The molecule has 0 amide bonds. The fourth-order valence-electron chi connectivity index (χ4n) is 5.70. The van der Waals surface area contributed by atoms with E-state index < -0.39 is 0 Å². The Morgan fingerprint density at radius 3 is 2.70 bits per heavy atom. The molecule has 3 atom stereocenters. The van der Waals surface area contributed by atoms with Crippen LogP contribution >= 0.6 is 11.6 Å². The summed E-state index contributed by atoms with van der Waals surface area (Å²) in [6.45, 7) is 2.33. The number of hydrogen-bond donors (Lipinski definition) is 1. The van der Waals surface area contributed by atoms with Crippen molar-refractivity contribution in [1.82, 2.24) is 0 Å². The van der Waals surface area contributed by atoms with Crippen molar-refractivity contribution < 1.29 is 13.9 Å². The van der Waals surface area contributed by atoms with Crippen molar-refractivity contribution >= 4 is 29.2 Å². The Balaban J connectivity index is 1.17. The summed E-state index contributed by atoms with van der Waals surface area (Å²) in [6.07, 6.45) is 7.51. The summed E-state index contributed by atoms with van der Waals surface area (Å²) >= 11 is 6.54. The fraction of sp³-hybridized carbons (Fsp3) is 0.206. The molecule has 0 unspecified atom stereocenters. The molecule has 0 saturated heterocycles. The van der Waals surface area contributed by atoms with Crippen molar-refractivity contribution in [2.24, 2.45) is 10.9 Å². The average molecular weight is 553 g/mol. The van der Waals surface area contributed by atoms with Gasteiger partial charge in [-0.2, -0.15) is 0 Å². The minimum absolute atomic E-state index is 0.173. The summed E-state index contributed by atoms with van der Waals surface area (Å²) in [5.74, 6) is 1.53. The normalized spacial score (nSPS) is 19.2. The molecular formula is C34H30ClFN2O2. The lowest BCUT2D eigenvalue weighted by Crippen LogP contribution is -2.29. The minimum Gasteiger partial charge on any atom is -0.493 e. The largest absolute Gasteiger partial charge is 0.493 e. The highest BCUT2D eigenvalue weighted by atomic mass is 35.5. The molecule has 2 aliphatic rings. The second-order valence-corrected chi connectivity index (χ2v) is 10.8. The van der Waals surface area contributed by atoms with E-state index in [2.05, 4.69) is 59.7 Å². The predicted octanol–water partition coefficient (Wildman–Crippen LogP) is 8.95. The lowest BCUT2D eigenvalue weighted by molar-refractivity contribution is 0.284. The highest BCUT2D eigenvalue weighted by molar-refractivity contribution is 6.32. The van der Waals surface area contributed by atoms with Crippen LogP contribution in [0.1, 0.15) is 46.2 Å². The van der Waals surface area contributed by atoms with Crippen LogP contribution in [0.25, 0.3) is 0 Å². The van der Waals surface area contributed by atoms with E-state index in [0.29, 0.717) is 33.9 Å². The number of allylic oxidation sites excluding steroid dienone is 2. The quantitative estimate of drug-likeness (QED) is 0.184. The minimum atomic E-state index is -0.311. The zero-order chi connectivity index (χ0) is 27.6. The number of hydrogen-bond acceptors (Lipinski definition) is 4. The first kappa shape index (κ1) is 26.1. The maximum absolute atomic E-state index is 13.5. The molecule has 0 saturated carbocycles. The number of aliphatic imine (C=N–C) groups is 1. The number of anilines is 1. The summed E-state index contributed by atoms with van der Waals surface area (Å²) in [7, 11) is 1.56. The molecule has 40 heavy (non-hydrogen) atoms. The molecule has 1 aliphatic carbocycles. The van der Waals surface area contributed by atoms with Gasteiger partial charge in [-0.15, -0.1) is 0 Å². The van der Waals surface area contributed by atoms with Crippen molar-refractivity contribution in [3.63, 3.8) is 0 Å². The Morgan fingerprint density at radius 1 is 1.05 bits per heavy atom. The molecule has 6 heteroatoms. The summed E-state index contributed by atoms with van der Waals surface area (Å²) in [5.41, 5.74) is 7.51. The van der Waals surface area contributed by atoms with Gasteiger partial charge in [-0.25, -0.2) is 4.39 Å². The SMILES string of the molecule is COc1cc(C=Nc2ccc([C@@H]3Nc4ccc(C)cc4[C@@H]4C=CC[C@@H]43)cc2)cc(Cl)c1OCc1cccc(F)c1.